The van der Waals surface area contributed by atoms with Crippen molar-refractivity contribution in [1.82, 2.24) is 15.1 Å². The van der Waals surface area contributed by atoms with Gasteiger partial charge in [0.25, 0.3) is 0 Å². The Morgan fingerprint density at radius 1 is 1.41 bits per heavy atom. The molecule has 1 atom stereocenters. The number of carbonyl (C=O) groups excluding carboxylic acids is 1. The maximum Gasteiger partial charge on any atom is 0.410 e. The smallest absolute Gasteiger partial charge is 0.410 e. The lowest BCUT2D eigenvalue weighted by Gasteiger charge is -2.39. The predicted molar refractivity (Wildman–Crippen MR) is 85.1 cm³/mol. The number of guanidine groups is 1. The Labute approximate surface area is 132 Å². The largest absolute Gasteiger partial charge is 0.444 e. The molecule has 1 unspecified atom stereocenters. The summed E-state index contributed by atoms with van der Waals surface area (Å²) in [5.74, 6) is 0.949. The van der Waals surface area contributed by atoms with Crippen LogP contribution in [0.1, 0.15) is 27.2 Å². The molecule has 0 spiro atoms. The quantitative estimate of drug-likeness (QED) is 0.782. The molecule has 1 N–H and O–H groups in total. The van der Waals surface area contributed by atoms with Gasteiger partial charge in [-0.05, 0) is 27.2 Å². The Morgan fingerprint density at radius 2 is 2.18 bits per heavy atom. The molecule has 2 heterocycles. The van der Waals surface area contributed by atoms with E-state index < -0.39 is 5.60 Å². The summed E-state index contributed by atoms with van der Waals surface area (Å²) in [5, 5.41) is 3.36. The molecule has 7 heteroatoms. The van der Waals surface area contributed by atoms with Crippen molar-refractivity contribution in [1.29, 1.82) is 0 Å². The first-order chi connectivity index (χ1) is 10.4. The lowest BCUT2D eigenvalue weighted by Crippen LogP contribution is -2.57. The molecule has 1 fully saturated rings. The SMILES string of the molecule is COCCCNC1=NCC2CN(C(=O)OC(C)(C)C)CCN12. The summed E-state index contributed by atoms with van der Waals surface area (Å²) >= 11 is 0. The third kappa shape index (κ3) is 4.50. The number of hydrogen-bond donors (Lipinski definition) is 1. The summed E-state index contributed by atoms with van der Waals surface area (Å²) in [6, 6.07) is 0.256. The number of nitrogens with one attached hydrogen (secondary N) is 1. The zero-order chi connectivity index (χ0) is 16.2. The molecule has 0 bridgehead atoms. The monoisotopic (exact) mass is 312 g/mol. The average Bonchev–Trinajstić information content (AvgIpc) is 2.84. The Morgan fingerprint density at radius 3 is 2.86 bits per heavy atom. The molecule has 0 saturated carbocycles. The fraction of sp³-hybridized carbons (Fsp3) is 0.867. The van der Waals surface area contributed by atoms with Crippen molar-refractivity contribution in [3.05, 3.63) is 0 Å². The molecule has 1 amide bonds. The number of aliphatic imine (C=N–C) groups is 1. The minimum atomic E-state index is -0.450. The minimum absolute atomic E-state index is 0.228. The first-order valence-electron chi connectivity index (χ1n) is 7.92. The van der Waals surface area contributed by atoms with Crippen LogP contribution in [0, 0.1) is 0 Å². The third-order valence-corrected chi connectivity index (χ3v) is 3.67. The third-order valence-electron chi connectivity index (χ3n) is 3.67. The lowest BCUT2D eigenvalue weighted by atomic mass is 10.2. The number of fused-ring (bicyclic) bond motifs is 1. The van der Waals surface area contributed by atoms with Gasteiger partial charge in [-0.2, -0.15) is 0 Å². The summed E-state index contributed by atoms with van der Waals surface area (Å²) in [4.78, 5) is 20.7. The van der Waals surface area contributed by atoms with Gasteiger partial charge in [0.1, 0.15) is 5.60 Å². The highest BCUT2D eigenvalue weighted by molar-refractivity contribution is 5.82. The van der Waals surface area contributed by atoms with Crippen LogP contribution in [0.25, 0.3) is 0 Å². The molecule has 2 rings (SSSR count). The fourth-order valence-corrected chi connectivity index (χ4v) is 2.64. The van der Waals surface area contributed by atoms with Gasteiger partial charge in [-0.1, -0.05) is 0 Å². The van der Waals surface area contributed by atoms with Gasteiger partial charge in [0.2, 0.25) is 0 Å². The van der Waals surface area contributed by atoms with E-state index >= 15 is 0 Å². The van der Waals surface area contributed by atoms with Crippen molar-refractivity contribution in [2.24, 2.45) is 4.99 Å². The summed E-state index contributed by atoms with van der Waals surface area (Å²) in [6.45, 7) is 10.1. The first kappa shape index (κ1) is 16.9. The van der Waals surface area contributed by atoms with Crippen LogP contribution in [0.4, 0.5) is 4.79 Å². The molecule has 0 aromatic heterocycles. The van der Waals surface area contributed by atoms with E-state index in [0.29, 0.717) is 13.1 Å². The maximum absolute atomic E-state index is 12.1. The lowest BCUT2D eigenvalue weighted by molar-refractivity contribution is 0.0137. The Hall–Kier alpha value is -1.50. The van der Waals surface area contributed by atoms with Crippen LogP contribution in [0.2, 0.25) is 0 Å². The number of nitrogens with zero attached hydrogens (tertiary/aromatic N) is 3. The molecule has 0 aliphatic carbocycles. The summed E-state index contributed by atoms with van der Waals surface area (Å²) in [6.07, 6.45) is 0.728. The fourth-order valence-electron chi connectivity index (χ4n) is 2.64. The zero-order valence-corrected chi connectivity index (χ0v) is 14.1. The average molecular weight is 312 g/mol. The summed E-state index contributed by atoms with van der Waals surface area (Å²) < 4.78 is 10.5. The number of hydrogen-bond acceptors (Lipinski definition) is 6. The van der Waals surface area contributed by atoms with E-state index in [-0.39, 0.29) is 12.1 Å². The molecule has 2 aliphatic heterocycles. The van der Waals surface area contributed by atoms with Gasteiger partial charge in [0, 0.05) is 39.9 Å². The highest BCUT2D eigenvalue weighted by atomic mass is 16.6. The molecule has 0 radical (unpaired) electrons. The van der Waals surface area contributed by atoms with E-state index in [9.17, 15) is 4.79 Å². The van der Waals surface area contributed by atoms with Crippen LogP contribution in [-0.4, -0.2) is 79.9 Å². The molecular formula is C15H28N4O3. The van der Waals surface area contributed by atoms with Crippen molar-refractivity contribution in [2.75, 3.05) is 46.4 Å². The normalized spacial score (nSPS) is 21.5. The number of rotatable bonds is 4. The molecule has 0 aromatic carbocycles. The van der Waals surface area contributed by atoms with Gasteiger partial charge in [0.15, 0.2) is 5.96 Å². The molecule has 1 saturated heterocycles. The number of ether oxygens (including phenoxy) is 2. The number of carbonyl (C=O) groups is 1. The van der Waals surface area contributed by atoms with Crippen LogP contribution < -0.4 is 5.32 Å². The van der Waals surface area contributed by atoms with E-state index in [1.54, 1.807) is 12.0 Å². The second kappa shape index (κ2) is 7.17. The minimum Gasteiger partial charge on any atom is -0.444 e. The summed E-state index contributed by atoms with van der Waals surface area (Å²) in [7, 11) is 1.71. The molecule has 0 aromatic rings. The van der Waals surface area contributed by atoms with E-state index in [1.165, 1.54) is 0 Å². The van der Waals surface area contributed by atoms with E-state index in [0.717, 1.165) is 38.6 Å². The summed E-state index contributed by atoms with van der Waals surface area (Å²) in [5.41, 5.74) is -0.450. The first-order valence-corrected chi connectivity index (χ1v) is 7.92. The van der Waals surface area contributed by atoms with Gasteiger partial charge in [0.05, 0.1) is 12.6 Å². The van der Waals surface area contributed by atoms with Gasteiger partial charge in [-0.3, -0.25) is 4.99 Å². The Balaban J connectivity index is 1.79. The zero-order valence-electron chi connectivity index (χ0n) is 14.1. The highest BCUT2D eigenvalue weighted by Gasteiger charge is 2.36. The molecule has 22 heavy (non-hydrogen) atoms. The van der Waals surface area contributed by atoms with E-state index in [1.807, 2.05) is 20.8 Å². The van der Waals surface area contributed by atoms with E-state index in [4.69, 9.17) is 9.47 Å². The number of piperazine rings is 1. The highest BCUT2D eigenvalue weighted by Crippen LogP contribution is 2.18. The molecule has 2 aliphatic rings. The van der Waals surface area contributed by atoms with Gasteiger partial charge < -0.3 is 24.6 Å². The van der Waals surface area contributed by atoms with Crippen LogP contribution >= 0.6 is 0 Å². The molecular weight excluding hydrogens is 284 g/mol. The van der Waals surface area contributed by atoms with Crippen molar-refractivity contribution < 1.29 is 14.3 Å². The van der Waals surface area contributed by atoms with Gasteiger partial charge >= 0.3 is 6.09 Å². The molecule has 126 valence electrons. The topological polar surface area (TPSA) is 66.4 Å². The number of amides is 1. The van der Waals surface area contributed by atoms with Gasteiger partial charge in [-0.25, -0.2) is 4.79 Å². The second-order valence-corrected chi connectivity index (χ2v) is 6.71. The maximum atomic E-state index is 12.1. The van der Waals surface area contributed by atoms with Crippen LogP contribution in [-0.2, 0) is 9.47 Å². The van der Waals surface area contributed by atoms with Crippen molar-refractivity contribution >= 4 is 12.1 Å². The van der Waals surface area contributed by atoms with E-state index in [2.05, 4.69) is 15.2 Å². The predicted octanol–water partition coefficient (Wildman–Crippen LogP) is 0.903. The van der Waals surface area contributed by atoms with Crippen molar-refractivity contribution in [2.45, 2.75) is 38.8 Å². The van der Waals surface area contributed by atoms with Crippen molar-refractivity contribution in [3.63, 3.8) is 0 Å². The molecule has 7 nitrogen and oxygen atoms in total. The Kier molecular flexibility index (Phi) is 5.50. The standard InChI is InChI=1S/C15H28N4O3/c1-15(2,3)22-14(20)18-7-8-19-12(11-18)10-17-13(19)16-6-5-9-21-4/h12H,5-11H2,1-4H3,(H,16,17). The van der Waals surface area contributed by atoms with Gasteiger partial charge in [-0.15, -0.1) is 0 Å². The van der Waals surface area contributed by atoms with Crippen LogP contribution in [0.3, 0.4) is 0 Å². The van der Waals surface area contributed by atoms with Crippen LogP contribution in [0.5, 0.6) is 0 Å². The number of methoxy groups -OCH3 is 1. The van der Waals surface area contributed by atoms with Crippen molar-refractivity contribution in [3.8, 4) is 0 Å². The second-order valence-electron chi connectivity index (χ2n) is 6.71. The Bertz CT molecular complexity index is 420. The van der Waals surface area contributed by atoms with Crippen LogP contribution in [0.15, 0.2) is 4.99 Å².